The molecule has 0 radical (unpaired) electrons. The lowest BCUT2D eigenvalue weighted by Crippen LogP contribution is -2.33. The number of nitrogens with one attached hydrogen (secondary N) is 1. The predicted octanol–water partition coefficient (Wildman–Crippen LogP) is 6.43. The van der Waals surface area contributed by atoms with Gasteiger partial charge in [0.1, 0.15) is 11.8 Å². The van der Waals surface area contributed by atoms with Gasteiger partial charge in [-0.15, -0.1) is 0 Å². The van der Waals surface area contributed by atoms with Crippen LogP contribution >= 0.6 is 39.0 Å². The van der Waals surface area contributed by atoms with Gasteiger partial charge >= 0.3 is 11.0 Å². The van der Waals surface area contributed by atoms with Gasteiger partial charge in [-0.05, 0) is 48.4 Å². The van der Waals surface area contributed by atoms with E-state index < -0.39 is 57.1 Å². The Hall–Kier alpha value is -3.68. The molecule has 43 heavy (non-hydrogen) atoms. The first-order valence-electron chi connectivity index (χ1n) is 13.0. The molecule has 0 saturated carbocycles. The molecule has 1 aromatic heterocycles. The molecule has 0 bridgehead atoms. The van der Waals surface area contributed by atoms with Gasteiger partial charge in [0, 0.05) is 21.0 Å². The van der Waals surface area contributed by atoms with Crippen molar-refractivity contribution in [1.82, 2.24) is 4.57 Å². The van der Waals surface area contributed by atoms with Crippen molar-refractivity contribution < 1.29 is 27.6 Å². The van der Waals surface area contributed by atoms with Crippen molar-refractivity contribution in [3.05, 3.63) is 109 Å². The average molecular weight is 689 g/mol. The molecule has 3 heterocycles. The SMILES string of the molecule is Cc1ccccc1NC(=O)Cn1c2c(sc1=O)C(c1cccc(Br)c1)C1C(=O)N(c3ccccc3C(F)(F)F)C(=O)C1S2. The Balaban J connectivity index is 1.44. The number of benzene rings is 3. The summed E-state index contributed by atoms with van der Waals surface area (Å²) in [4.78, 5) is 54.8. The number of amides is 3. The van der Waals surface area contributed by atoms with Crippen molar-refractivity contribution >= 4 is 68.1 Å². The maximum Gasteiger partial charge on any atom is 0.418 e. The van der Waals surface area contributed by atoms with E-state index in [4.69, 9.17) is 0 Å². The molecule has 13 heteroatoms. The second-order valence-electron chi connectivity index (χ2n) is 10.1. The lowest BCUT2D eigenvalue weighted by atomic mass is 9.83. The van der Waals surface area contributed by atoms with E-state index in [1.807, 2.05) is 19.1 Å². The number of aryl methyl sites for hydroxylation is 1. The highest BCUT2D eigenvalue weighted by atomic mass is 79.9. The molecular formula is C30H21BrF3N3O4S2. The largest absolute Gasteiger partial charge is 0.418 e. The minimum atomic E-state index is -4.80. The molecule has 2 aliphatic rings. The summed E-state index contributed by atoms with van der Waals surface area (Å²) >= 11 is 5.23. The Morgan fingerprint density at radius 1 is 0.977 bits per heavy atom. The smallest absolute Gasteiger partial charge is 0.324 e. The van der Waals surface area contributed by atoms with Gasteiger partial charge in [-0.25, -0.2) is 4.90 Å². The number of thiazole rings is 1. The fourth-order valence-corrected chi connectivity index (χ4v) is 8.70. The second-order valence-corrected chi connectivity index (χ2v) is 13.1. The standard InChI is InChI=1S/C30H21BrF3N3O4S2/c1-15-7-2-4-11-19(15)35-21(38)14-36-28-25(43-29(36)41)22(16-8-6-9-17(31)13-16)23-24(42-28)27(40)37(26(23)39)20-12-5-3-10-18(20)30(32,33)34/h2-13,22-24H,14H2,1H3,(H,35,38). The van der Waals surface area contributed by atoms with Crippen molar-refractivity contribution in [2.75, 3.05) is 10.2 Å². The average Bonchev–Trinajstić information content (AvgIpc) is 3.39. The number of nitrogens with zero attached hydrogens (tertiary/aromatic N) is 2. The second kappa shape index (κ2) is 11.1. The molecule has 2 aliphatic heterocycles. The number of aromatic nitrogens is 1. The number of hydrogen-bond acceptors (Lipinski definition) is 6. The Morgan fingerprint density at radius 2 is 1.70 bits per heavy atom. The van der Waals surface area contributed by atoms with Gasteiger partial charge < -0.3 is 5.32 Å². The zero-order valence-electron chi connectivity index (χ0n) is 22.2. The van der Waals surface area contributed by atoms with Gasteiger partial charge in [-0.1, -0.05) is 81.5 Å². The molecule has 1 saturated heterocycles. The number of carbonyl (C=O) groups excluding carboxylic acids is 3. The van der Waals surface area contributed by atoms with Crippen LogP contribution in [0, 0.1) is 12.8 Å². The van der Waals surface area contributed by atoms with Crippen LogP contribution in [0.4, 0.5) is 24.5 Å². The molecule has 3 unspecified atom stereocenters. The van der Waals surface area contributed by atoms with Crippen LogP contribution in [0.2, 0.25) is 0 Å². The molecule has 1 N–H and O–H groups in total. The number of alkyl halides is 3. The summed E-state index contributed by atoms with van der Waals surface area (Å²) in [6.45, 7) is 1.48. The highest BCUT2D eigenvalue weighted by Gasteiger charge is 2.57. The number of hydrogen-bond donors (Lipinski definition) is 1. The van der Waals surface area contributed by atoms with Crippen LogP contribution in [0.3, 0.4) is 0 Å². The number of thioether (sulfide) groups is 1. The molecule has 0 aliphatic carbocycles. The zero-order chi connectivity index (χ0) is 30.6. The van der Waals surface area contributed by atoms with E-state index in [2.05, 4.69) is 21.2 Å². The molecule has 3 atom stereocenters. The molecule has 3 amide bonds. The normalized spacial score (nSPS) is 19.7. The number of halogens is 4. The van der Waals surface area contributed by atoms with E-state index in [1.54, 1.807) is 36.4 Å². The lowest BCUT2D eigenvalue weighted by molar-refractivity contribution is -0.137. The van der Waals surface area contributed by atoms with Crippen LogP contribution in [0.1, 0.15) is 27.5 Å². The molecule has 3 aromatic carbocycles. The molecule has 7 nitrogen and oxygen atoms in total. The number of fused-ring (bicyclic) bond motifs is 2. The molecule has 220 valence electrons. The maximum absolute atomic E-state index is 14.0. The first-order valence-corrected chi connectivity index (χ1v) is 15.5. The summed E-state index contributed by atoms with van der Waals surface area (Å²) in [5.41, 5.74) is 0.387. The number of para-hydroxylation sites is 2. The quantitative estimate of drug-likeness (QED) is 0.244. The lowest BCUT2D eigenvalue weighted by Gasteiger charge is -2.30. The first kappa shape index (κ1) is 29.4. The monoisotopic (exact) mass is 687 g/mol. The third kappa shape index (κ3) is 5.23. The van der Waals surface area contributed by atoms with E-state index in [9.17, 15) is 32.3 Å². The van der Waals surface area contributed by atoms with Crippen molar-refractivity contribution in [2.24, 2.45) is 5.92 Å². The van der Waals surface area contributed by atoms with Gasteiger partial charge in [0.25, 0.3) is 0 Å². The highest BCUT2D eigenvalue weighted by molar-refractivity contribution is 9.10. The maximum atomic E-state index is 14.0. The van der Waals surface area contributed by atoms with Crippen LogP contribution in [-0.2, 0) is 27.1 Å². The van der Waals surface area contributed by atoms with Crippen molar-refractivity contribution in [3.63, 3.8) is 0 Å². The number of anilines is 2. The van der Waals surface area contributed by atoms with Gasteiger partial charge in [-0.2, -0.15) is 13.2 Å². The number of imide groups is 1. The highest BCUT2D eigenvalue weighted by Crippen LogP contribution is 2.54. The molecular weight excluding hydrogens is 667 g/mol. The van der Waals surface area contributed by atoms with Gasteiger partial charge in [-0.3, -0.25) is 23.7 Å². The summed E-state index contributed by atoms with van der Waals surface area (Å²) in [5, 5.41) is 2.02. The number of carbonyl (C=O) groups is 3. The Kier molecular flexibility index (Phi) is 7.59. The van der Waals surface area contributed by atoms with Crippen LogP contribution in [-0.4, -0.2) is 27.5 Å². The summed E-state index contributed by atoms with van der Waals surface area (Å²) in [5.74, 6) is -3.94. The zero-order valence-corrected chi connectivity index (χ0v) is 25.4. The van der Waals surface area contributed by atoms with E-state index in [0.717, 1.165) is 40.8 Å². The summed E-state index contributed by atoms with van der Waals surface area (Å²) < 4.78 is 43.8. The number of rotatable bonds is 5. The molecule has 0 spiro atoms. The summed E-state index contributed by atoms with van der Waals surface area (Å²) in [6.07, 6.45) is -4.80. The predicted molar refractivity (Wildman–Crippen MR) is 161 cm³/mol. The van der Waals surface area contributed by atoms with Gasteiger partial charge in [0.15, 0.2) is 0 Å². The minimum Gasteiger partial charge on any atom is -0.324 e. The fourth-order valence-electron chi connectivity index (χ4n) is 5.51. The van der Waals surface area contributed by atoms with Gasteiger partial charge in [0.2, 0.25) is 17.7 Å². The Morgan fingerprint density at radius 3 is 2.42 bits per heavy atom. The van der Waals surface area contributed by atoms with Gasteiger partial charge in [0.05, 0.1) is 22.2 Å². The first-order chi connectivity index (χ1) is 20.5. The van der Waals surface area contributed by atoms with Crippen LogP contribution < -0.4 is 15.1 Å². The minimum absolute atomic E-state index is 0.341. The summed E-state index contributed by atoms with van der Waals surface area (Å²) in [7, 11) is 0. The Labute approximate surface area is 259 Å². The third-order valence-corrected chi connectivity index (χ3v) is 10.5. The molecule has 4 aromatic rings. The van der Waals surface area contributed by atoms with Crippen molar-refractivity contribution in [1.29, 1.82) is 0 Å². The van der Waals surface area contributed by atoms with Crippen LogP contribution in [0.15, 0.2) is 87.1 Å². The topological polar surface area (TPSA) is 88.5 Å². The van der Waals surface area contributed by atoms with Crippen molar-refractivity contribution in [3.8, 4) is 0 Å². The van der Waals surface area contributed by atoms with E-state index in [0.29, 0.717) is 30.5 Å². The fraction of sp³-hybridized carbons (Fsp3) is 0.200. The molecule has 1 fully saturated rings. The van der Waals surface area contributed by atoms with E-state index >= 15 is 0 Å². The summed E-state index contributed by atoms with van der Waals surface area (Å²) in [6, 6.07) is 18.7. The van der Waals surface area contributed by atoms with Crippen LogP contribution in [0.5, 0.6) is 0 Å². The third-order valence-electron chi connectivity index (χ3n) is 7.43. The van der Waals surface area contributed by atoms with E-state index in [-0.39, 0.29) is 6.54 Å². The Bertz CT molecular complexity index is 1850. The molecule has 6 rings (SSSR count). The van der Waals surface area contributed by atoms with Crippen LogP contribution in [0.25, 0.3) is 0 Å². The van der Waals surface area contributed by atoms with E-state index in [1.165, 1.54) is 16.7 Å². The van der Waals surface area contributed by atoms with Crippen molar-refractivity contribution in [2.45, 2.75) is 35.8 Å².